The molecule has 0 aliphatic carbocycles. The van der Waals surface area contributed by atoms with E-state index in [0.717, 1.165) is 0 Å². The van der Waals surface area contributed by atoms with Crippen molar-refractivity contribution in [1.29, 1.82) is 0 Å². The van der Waals surface area contributed by atoms with Gasteiger partial charge in [-0.2, -0.15) is 13.2 Å². The Hall–Kier alpha value is -0.200. The van der Waals surface area contributed by atoms with E-state index in [2.05, 4.69) is 16.8 Å². The molecule has 0 aromatic heterocycles. The maximum absolute atomic E-state index is 10.6. The molecule has 0 heterocycles. The van der Waals surface area contributed by atoms with Gasteiger partial charge in [0, 0.05) is 7.11 Å². The lowest BCUT2D eigenvalue weighted by molar-refractivity contribution is -0.192. The Bertz CT molecular complexity index is 169. The molecular formula is C3H6F3O4PS. The van der Waals surface area contributed by atoms with Gasteiger partial charge in [-0.3, -0.25) is 4.57 Å². The quantitative estimate of drug-likeness (QED) is 0.526. The maximum Gasteiger partial charge on any atom is 0.490 e. The number of aliphatic carboxylic acids is 1. The lowest BCUT2D eigenvalue weighted by atomic mass is 10.7. The Morgan fingerprint density at radius 3 is 1.75 bits per heavy atom. The molecule has 0 aromatic carbocycles. The zero-order valence-corrected chi connectivity index (χ0v) is 7.65. The van der Waals surface area contributed by atoms with E-state index in [1.807, 2.05) is 0 Å². The predicted molar refractivity (Wildman–Crippen MR) is 38.7 cm³/mol. The van der Waals surface area contributed by atoms with Gasteiger partial charge in [0.25, 0.3) is 0 Å². The van der Waals surface area contributed by atoms with Crippen LogP contribution in [0.5, 0.6) is 0 Å². The standard InChI is InChI=1S/C2HF3O2.CH5O2PS/c3-2(4,5)1(6)7;1-3-4(2)5/h(H,6,7);4H,1H3,(H,2,5). The molecule has 0 bridgehead atoms. The summed E-state index contributed by atoms with van der Waals surface area (Å²) in [4.78, 5) is 8.90. The number of carboxylic acids is 1. The molecule has 0 spiro atoms. The number of carboxylic acid groups (broad SMARTS) is 1. The molecule has 0 amide bonds. The normalized spacial score (nSPS) is 12.8. The fourth-order valence-electron chi connectivity index (χ4n) is 0. The first-order valence-electron chi connectivity index (χ1n) is 2.28. The third-order valence-corrected chi connectivity index (χ3v) is 1.31. The van der Waals surface area contributed by atoms with Crippen LogP contribution in [0.25, 0.3) is 0 Å². The fraction of sp³-hybridized carbons (Fsp3) is 0.667. The second kappa shape index (κ2) is 6.33. The summed E-state index contributed by atoms with van der Waals surface area (Å²) < 4.78 is 45.5. The number of hydrogen-bond acceptors (Lipinski definition) is 3. The maximum atomic E-state index is 10.6. The van der Waals surface area contributed by atoms with Crippen molar-refractivity contribution in [2.24, 2.45) is 0 Å². The first-order valence-corrected chi connectivity index (χ1v) is 4.89. The lowest BCUT2D eigenvalue weighted by Crippen LogP contribution is -2.21. The van der Waals surface area contributed by atoms with Gasteiger partial charge in [0.15, 0.2) is 0 Å². The van der Waals surface area contributed by atoms with Crippen molar-refractivity contribution in [3.63, 3.8) is 0 Å². The number of alkyl halides is 3. The van der Waals surface area contributed by atoms with Gasteiger partial charge in [0.05, 0.1) is 0 Å². The molecule has 12 heavy (non-hydrogen) atoms. The van der Waals surface area contributed by atoms with E-state index in [1.165, 1.54) is 7.11 Å². The monoisotopic (exact) mass is 226 g/mol. The largest absolute Gasteiger partial charge is 0.490 e. The summed E-state index contributed by atoms with van der Waals surface area (Å²) in [5, 5.41) is 7.12. The summed E-state index contributed by atoms with van der Waals surface area (Å²) >= 11 is 3.42. The van der Waals surface area contributed by atoms with Gasteiger partial charge in [-0.15, -0.1) is 0 Å². The Morgan fingerprint density at radius 2 is 1.75 bits per heavy atom. The van der Waals surface area contributed by atoms with Crippen molar-refractivity contribution in [3.05, 3.63) is 0 Å². The average molecular weight is 226 g/mol. The highest BCUT2D eigenvalue weighted by Crippen LogP contribution is 2.23. The van der Waals surface area contributed by atoms with Crippen molar-refractivity contribution < 1.29 is 32.2 Å². The van der Waals surface area contributed by atoms with Gasteiger partial charge in [-0.25, -0.2) is 4.79 Å². The second-order valence-electron chi connectivity index (χ2n) is 1.27. The van der Waals surface area contributed by atoms with Gasteiger partial charge >= 0.3 is 12.1 Å². The van der Waals surface area contributed by atoms with Gasteiger partial charge in [0.1, 0.15) is 0 Å². The summed E-state index contributed by atoms with van der Waals surface area (Å²) in [5.41, 5.74) is 0. The van der Waals surface area contributed by atoms with Gasteiger partial charge < -0.3 is 9.63 Å². The Kier molecular flexibility index (Phi) is 7.56. The van der Waals surface area contributed by atoms with Crippen LogP contribution in [0.4, 0.5) is 13.2 Å². The lowest BCUT2D eigenvalue weighted by Gasteiger charge is -1.93. The van der Waals surface area contributed by atoms with Gasteiger partial charge in [-0.1, -0.05) is 12.2 Å². The molecule has 0 rings (SSSR count). The topological polar surface area (TPSA) is 63.6 Å². The molecule has 0 fully saturated rings. The van der Waals surface area contributed by atoms with Crippen LogP contribution in [-0.4, -0.2) is 24.4 Å². The molecule has 9 heteroatoms. The van der Waals surface area contributed by atoms with E-state index in [4.69, 9.17) is 9.90 Å². The molecule has 0 radical (unpaired) electrons. The molecule has 1 N–H and O–H groups in total. The molecule has 74 valence electrons. The minimum absolute atomic E-state index is 1.36. The van der Waals surface area contributed by atoms with Gasteiger partial charge in [-0.05, 0) is 0 Å². The van der Waals surface area contributed by atoms with E-state index in [-0.39, 0.29) is 0 Å². The molecule has 0 saturated heterocycles. The number of thiol groups is 1. The van der Waals surface area contributed by atoms with Crippen LogP contribution >= 0.6 is 19.5 Å². The van der Waals surface area contributed by atoms with Gasteiger partial charge in [0.2, 0.25) is 7.23 Å². The number of carbonyl (C=O) groups is 1. The molecule has 0 aromatic rings. The summed E-state index contributed by atoms with van der Waals surface area (Å²) in [6.07, 6.45) is -5.08. The molecule has 0 aliphatic rings. The zero-order valence-electron chi connectivity index (χ0n) is 5.75. The number of rotatable bonds is 1. The van der Waals surface area contributed by atoms with Crippen LogP contribution in [0.15, 0.2) is 0 Å². The van der Waals surface area contributed by atoms with Crippen molar-refractivity contribution >= 4 is 25.4 Å². The second-order valence-corrected chi connectivity index (χ2v) is 3.31. The predicted octanol–water partition coefficient (Wildman–Crippen LogP) is 1.59. The minimum atomic E-state index is -5.08. The first kappa shape index (κ1) is 14.3. The molecule has 0 saturated carbocycles. The molecule has 4 nitrogen and oxygen atoms in total. The smallest absolute Gasteiger partial charge is 0.475 e. The van der Waals surface area contributed by atoms with E-state index in [1.54, 1.807) is 0 Å². The van der Waals surface area contributed by atoms with Crippen LogP contribution in [0.2, 0.25) is 0 Å². The van der Waals surface area contributed by atoms with Crippen LogP contribution in [-0.2, 0) is 13.9 Å². The van der Waals surface area contributed by atoms with Crippen molar-refractivity contribution in [2.45, 2.75) is 6.18 Å². The number of halogens is 3. The Morgan fingerprint density at radius 1 is 1.58 bits per heavy atom. The average Bonchev–Trinajstić information content (AvgIpc) is 1.87. The highest BCUT2D eigenvalue weighted by Gasteiger charge is 2.38. The zero-order chi connectivity index (χ0) is 10.4. The van der Waals surface area contributed by atoms with Crippen molar-refractivity contribution in [2.75, 3.05) is 7.11 Å². The van der Waals surface area contributed by atoms with E-state index >= 15 is 0 Å². The molecule has 0 aliphatic heterocycles. The van der Waals surface area contributed by atoms with Crippen molar-refractivity contribution in [3.8, 4) is 0 Å². The summed E-state index contributed by atoms with van der Waals surface area (Å²) in [7, 11) is -0.574. The number of hydrogen-bond donors (Lipinski definition) is 2. The first-order chi connectivity index (χ1) is 5.21. The van der Waals surface area contributed by atoms with E-state index in [0.29, 0.717) is 0 Å². The van der Waals surface area contributed by atoms with Crippen LogP contribution in [0.1, 0.15) is 0 Å². The third kappa shape index (κ3) is 12.5. The molecule has 1 atom stereocenters. The summed E-state index contributed by atoms with van der Waals surface area (Å²) in [5.74, 6) is -2.76. The van der Waals surface area contributed by atoms with Crippen LogP contribution < -0.4 is 0 Å². The fourth-order valence-corrected chi connectivity index (χ4v) is 0. The van der Waals surface area contributed by atoms with E-state index < -0.39 is 19.4 Å². The van der Waals surface area contributed by atoms with Crippen LogP contribution in [0, 0.1) is 0 Å². The third-order valence-electron chi connectivity index (χ3n) is 0.417. The Balaban J connectivity index is 0. The highest BCUT2D eigenvalue weighted by atomic mass is 32.7. The SMILES string of the molecule is CO[PH](=O)S.O=C(O)C(F)(F)F. The van der Waals surface area contributed by atoms with E-state index in [9.17, 15) is 17.7 Å². The van der Waals surface area contributed by atoms with Crippen molar-refractivity contribution in [1.82, 2.24) is 0 Å². The Labute approximate surface area is 71.7 Å². The minimum Gasteiger partial charge on any atom is -0.475 e. The highest BCUT2D eigenvalue weighted by molar-refractivity contribution is 8.39. The summed E-state index contributed by atoms with van der Waals surface area (Å²) in [6.45, 7) is 0. The summed E-state index contributed by atoms with van der Waals surface area (Å²) in [6, 6.07) is 0. The molecular weight excluding hydrogens is 220 g/mol. The van der Waals surface area contributed by atoms with Crippen LogP contribution in [0.3, 0.4) is 0 Å². The molecule has 1 unspecified atom stereocenters.